The third-order valence-corrected chi connectivity index (χ3v) is 2.51. The summed E-state index contributed by atoms with van der Waals surface area (Å²) in [7, 11) is 0. The van der Waals surface area contributed by atoms with Gasteiger partial charge in [-0.05, 0) is 38.1 Å². The second kappa shape index (κ2) is 3.83. The molecule has 2 rings (SSSR count). The van der Waals surface area contributed by atoms with Crippen LogP contribution in [0.15, 0.2) is 18.3 Å². The predicted octanol–water partition coefficient (Wildman–Crippen LogP) is 1.69. The van der Waals surface area contributed by atoms with Crippen LogP contribution < -0.4 is 5.32 Å². The largest absolute Gasteiger partial charge is 0.317 e. The Kier molecular flexibility index (Phi) is 2.54. The van der Waals surface area contributed by atoms with Crippen molar-refractivity contribution in [3.8, 4) is 0 Å². The molecule has 13 heavy (non-hydrogen) atoms. The highest BCUT2D eigenvalue weighted by molar-refractivity contribution is 5.11. The van der Waals surface area contributed by atoms with Crippen molar-refractivity contribution in [1.82, 2.24) is 10.3 Å². The lowest BCUT2D eigenvalue weighted by Crippen LogP contribution is -2.27. The number of nitrogens with one attached hydrogen (secondary N) is 1. The minimum atomic E-state index is -0.252. The fraction of sp³-hybridized carbons (Fsp3) is 0.500. The van der Waals surface area contributed by atoms with Crippen LogP contribution in [0.2, 0.25) is 0 Å². The zero-order valence-electron chi connectivity index (χ0n) is 7.46. The van der Waals surface area contributed by atoms with E-state index in [2.05, 4.69) is 10.3 Å². The average Bonchev–Trinajstić information content (AvgIpc) is 2.20. The Balaban J connectivity index is 2.10. The Morgan fingerprint density at radius 3 is 2.69 bits per heavy atom. The van der Waals surface area contributed by atoms with Gasteiger partial charge in [0.05, 0.1) is 6.20 Å². The van der Waals surface area contributed by atoms with Gasteiger partial charge in [-0.15, -0.1) is 0 Å². The molecule has 1 aromatic heterocycles. The summed E-state index contributed by atoms with van der Waals surface area (Å²) in [6.45, 7) is 2.09. The molecule has 0 bridgehead atoms. The van der Waals surface area contributed by atoms with E-state index in [1.165, 1.54) is 12.3 Å². The molecular formula is C10H13FN2. The molecule has 1 aromatic rings. The van der Waals surface area contributed by atoms with Crippen molar-refractivity contribution >= 4 is 0 Å². The highest BCUT2D eigenvalue weighted by Crippen LogP contribution is 2.22. The van der Waals surface area contributed by atoms with Crippen LogP contribution in [0.5, 0.6) is 0 Å². The van der Waals surface area contributed by atoms with E-state index in [1.807, 2.05) is 0 Å². The molecule has 2 heterocycles. The number of aromatic nitrogens is 1. The summed E-state index contributed by atoms with van der Waals surface area (Å²) in [5.74, 6) is 0.263. The van der Waals surface area contributed by atoms with Gasteiger partial charge in [-0.3, -0.25) is 4.98 Å². The molecule has 0 unspecified atom stereocenters. The number of halogens is 1. The lowest BCUT2D eigenvalue weighted by molar-refractivity contribution is 0.452. The molecule has 0 aromatic carbocycles. The van der Waals surface area contributed by atoms with Gasteiger partial charge in [-0.1, -0.05) is 0 Å². The van der Waals surface area contributed by atoms with Crippen molar-refractivity contribution in [2.45, 2.75) is 18.8 Å². The van der Waals surface area contributed by atoms with E-state index in [-0.39, 0.29) is 5.82 Å². The van der Waals surface area contributed by atoms with Gasteiger partial charge >= 0.3 is 0 Å². The van der Waals surface area contributed by atoms with E-state index in [9.17, 15) is 4.39 Å². The normalized spacial score (nSPS) is 18.8. The summed E-state index contributed by atoms with van der Waals surface area (Å²) in [6, 6.07) is 3.29. The summed E-state index contributed by atoms with van der Waals surface area (Å²) in [5.41, 5.74) is 1.03. The Morgan fingerprint density at radius 2 is 2.08 bits per heavy atom. The average molecular weight is 180 g/mol. The molecule has 3 heteroatoms. The van der Waals surface area contributed by atoms with E-state index in [0.717, 1.165) is 31.6 Å². The molecule has 1 N–H and O–H groups in total. The van der Waals surface area contributed by atoms with Crippen LogP contribution in [-0.4, -0.2) is 18.1 Å². The van der Waals surface area contributed by atoms with E-state index < -0.39 is 0 Å². The summed E-state index contributed by atoms with van der Waals surface area (Å²) < 4.78 is 12.6. The standard InChI is InChI=1S/C10H13FN2/c11-9-1-2-10(13-7-9)8-3-5-12-6-4-8/h1-2,7-8,12H,3-6H2. The van der Waals surface area contributed by atoms with E-state index in [0.29, 0.717) is 5.92 Å². The minimum Gasteiger partial charge on any atom is -0.317 e. The lowest BCUT2D eigenvalue weighted by Gasteiger charge is -2.21. The SMILES string of the molecule is Fc1ccc(C2CCNCC2)nc1. The van der Waals surface area contributed by atoms with Crippen LogP contribution in [0.1, 0.15) is 24.5 Å². The maximum Gasteiger partial charge on any atom is 0.141 e. The third kappa shape index (κ3) is 2.04. The molecular weight excluding hydrogens is 167 g/mol. The molecule has 1 aliphatic rings. The maximum atomic E-state index is 12.6. The van der Waals surface area contributed by atoms with Crippen molar-refractivity contribution in [1.29, 1.82) is 0 Å². The summed E-state index contributed by atoms with van der Waals surface area (Å²) in [5, 5.41) is 3.29. The molecule has 0 amide bonds. The molecule has 0 aliphatic carbocycles. The highest BCUT2D eigenvalue weighted by atomic mass is 19.1. The summed E-state index contributed by atoms with van der Waals surface area (Å²) in [6.07, 6.45) is 3.52. The second-order valence-corrected chi connectivity index (χ2v) is 3.43. The van der Waals surface area contributed by atoms with Gasteiger partial charge in [0, 0.05) is 11.6 Å². The van der Waals surface area contributed by atoms with Crippen LogP contribution in [0.4, 0.5) is 4.39 Å². The number of rotatable bonds is 1. The summed E-state index contributed by atoms with van der Waals surface area (Å²) >= 11 is 0. The summed E-state index contributed by atoms with van der Waals surface area (Å²) in [4.78, 5) is 4.10. The highest BCUT2D eigenvalue weighted by Gasteiger charge is 2.15. The fourth-order valence-corrected chi connectivity index (χ4v) is 1.75. The van der Waals surface area contributed by atoms with Gasteiger partial charge in [0.15, 0.2) is 0 Å². The topological polar surface area (TPSA) is 24.9 Å². The van der Waals surface area contributed by atoms with Crippen LogP contribution in [0.3, 0.4) is 0 Å². The van der Waals surface area contributed by atoms with Gasteiger partial charge in [-0.25, -0.2) is 4.39 Å². The number of piperidine rings is 1. The molecule has 0 saturated carbocycles. The quantitative estimate of drug-likeness (QED) is 0.711. The van der Waals surface area contributed by atoms with E-state index in [4.69, 9.17) is 0 Å². The first-order valence-electron chi connectivity index (χ1n) is 4.68. The minimum absolute atomic E-state index is 0.252. The van der Waals surface area contributed by atoms with Gasteiger partial charge < -0.3 is 5.32 Å². The van der Waals surface area contributed by atoms with Gasteiger partial charge in [-0.2, -0.15) is 0 Å². The molecule has 0 atom stereocenters. The fourth-order valence-electron chi connectivity index (χ4n) is 1.75. The Labute approximate surface area is 77.2 Å². The number of pyridine rings is 1. The van der Waals surface area contributed by atoms with Gasteiger partial charge in [0.25, 0.3) is 0 Å². The van der Waals surface area contributed by atoms with Gasteiger partial charge in [0.2, 0.25) is 0 Å². The molecule has 1 aliphatic heterocycles. The van der Waals surface area contributed by atoms with Crippen molar-refractivity contribution in [2.75, 3.05) is 13.1 Å². The van der Waals surface area contributed by atoms with Gasteiger partial charge in [0.1, 0.15) is 5.82 Å². The monoisotopic (exact) mass is 180 g/mol. The molecule has 1 saturated heterocycles. The zero-order valence-corrected chi connectivity index (χ0v) is 7.46. The molecule has 0 radical (unpaired) electrons. The Morgan fingerprint density at radius 1 is 1.31 bits per heavy atom. The first-order chi connectivity index (χ1) is 6.36. The molecule has 1 fully saturated rings. The van der Waals surface area contributed by atoms with Crippen molar-refractivity contribution in [3.05, 3.63) is 29.8 Å². The second-order valence-electron chi connectivity index (χ2n) is 3.43. The predicted molar refractivity (Wildman–Crippen MR) is 49.0 cm³/mol. The molecule has 2 nitrogen and oxygen atoms in total. The lowest BCUT2D eigenvalue weighted by atomic mass is 9.94. The van der Waals surface area contributed by atoms with E-state index >= 15 is 0 Å². The van der Waals surface area contributed by atoms with Crippen molar-refractivity contribution < 1.29 is 4.39 Å². The van der Waals surface area contributed by atoms with Crippen LogP contribution >= 0.6 is 0 Å². The zero-order chi connectivity index (χ0) is 9.10. The number of hydrogen-bond acceptors (Lipinski definition) is 2. The smallest absolute Gasteiger partial charge is 0.141 e. The van der Waals surface area contributed by atoms with Crippen molar-refractivity contribution in [2.24, 2.45) is 0 Å². The molecule has 70 valence electrons. The first-order valence-corrected chi connectivity index (χ1v) is 4.68. The molecule has 0 spiro atoms. The Bertz CT molecular complexity index is 265. The van der Waals surface area contributed by atoms with Crippen LogP contribution in [-0.2, 0) is 0 Å². The number of hydrogen-bond donors (Lipinski definition) is 1. The van der Waals surface area contributed by atoms with Crippen LogP contribution in [0, 0.1) is 5.82 Å². The van der Waals surface area contributed by atoms with Crippen molar-refractivity contribution in [3.63, 3.8) is 0 Å². The number of nitrogens with zero attached hydrogens (tertiary/aromatic N) is 1. The maximum absolute atomic E-state index is 12.6. The van der Waals surface area contributed by atoms with Crippen LogP contribution in [0.25, 0.3) is 0 Å². The Hall–Kier alpha value is -0.960. The first kappa shape index (κ1) is 8.63. The third-order valence-electron chi connectivity index (χ3n) is 2.51. The van der Waals surface area contributed by atoms with E-state index in [1.54, 1.807) is 6.07 Å².